The monoisotopic (exact) mass is 292 g/mol. The SMILES string of the molecule is CCc1nc(C2=CC=C2)n2nc(-c3cnccn3)[nH]c(=O)c12. The third kappa shape index (κ3) is 1.79. The summed E-state index contributed by atoms with van der Waals surface area (Å²) in [4.78, 5) is 27.9. The van der Waals surface area contributed by atoms with E-state index in [9.17, 15) is 4.79 Å². The Morgan fingerprint density at radius 2 is 2.18 bits per heavy atom. The Bertz CT molecular complexity index is 980. The van der Waals surface area contributed by atoms with Gasteiger partial charge < -0.3 is 4.98 Å². The van der Waals surface area contributed by atoms with Crippen molar-refractivity contribution in [1.82, 2.24) is 29.5 Å². The van der Waals surface area contributed by atoms with Crippen LogP contribution in [0.2, 0.25) is 0 Å². The van der Waals surface area contributed by atoms with Crippen LogP contribution in [-0.2, 0) is 6.42 Å². The molecule has 22 heavy (non-hydrogen) atoms. The average molecular weight is 292 g/mol. The van der Waals surface area contributed by atoms with Gasteiger partial charge in [-0.05, 0) is 6.42 Å². The van der Waals surface area contributed by atoms with E-state index in [-0.39, 0.29) is 5.56 Å². The van der Waals surface area contributed by atoms with E-state index in [1.807, 2.05) is 25.2 Å². The molecule has 7 heteroatoms. The molecule has 0 fully saturated rings. The van der Waals surface area contributed by atoms with Gasteiger partial charge in [0.15, 0.2) is 17.2 Å². The second-order valence-electron chi connectivity index (χ2n) is 4.87. The smallest absolute Gasteiger partial charge is 0.277 e. The summed E-state index contributed by atoms with van der Waals surface area (Å²) < 4.78 is 1.59. The predicted molar refractivity (Wildman–Crippen MR) is 81.1 cm³/mol. The van der Waals surface area contributed by atoms with Crippen LogP contribution in [-0.4, -0.2) is 29.5 Å². The van der Waals surface area contributed by atoms with Gasteiger partial charge in [-0.15, -0.1) is 5.10 Å². The van der Waals surface area contributed by atoms with Crippen LogP contribution in [0.4, 0.5) is 0 Å². The first-order valence-corrected chi connectivity index (χ1v) is 6.95. The summed E-state index contributed by atoms with van der Waals surface area (Å²) in [5.74, 6) is 1.04. The van der Waals surface area contributed by atoms with Crippen molar-refractivity contribution in [3.8, 4) is 11.5 Å². The molecular formula is C15H12N6O. The van der Waals surface area contributed by atoms with E-state index in [0.29, 0.717) is 29.3 Å². The van der Waals surface area contributed by atoms with Crippen LogP contribution in [0.5, 0.6) is 0 Å². The Labute approximate surface area is 125 Å². The highest BCUT2D eigenvalue weighted by molar-refractivity contribution is 5.79. The first-order valence-electron chi connectivity index (χ1n) is 6.95. The largest absolute Gasteiger partial charge is 0.302 e. The van der Waals surface area contributed by atoms with E-state index in [1.54, 1.807) is 23.1 Å². The standard InChI is InChI=1S/C15H12N6O/c1-2-10-12-15(22)19-13(11-8-16-6-7-17-11)20-21(12)14(18-10)9-4-3-5-9/h3-8H,2H2,1H3,(H,19,20,22). The van der Waals surface area contributed by atoms with Gasteiger partial charge in [-0.2, -0.15) is 0 Å². The Morgan fingerprint density at radius 3 is 2.82 bits per heavy atom. The van der Waals surface area contributed by atoms with Crippen LogP contribution in [0.25, 0.3) is 22.6 Å². The number of nitrogens with zero attached hydrogens (tertiary/aromatic N) is 5. The van der Waals surface area contributed by atoms with Crippen LogP contribution >= 0.6 is 0 Å². The molecule has 4 rings (SSSR count). The first-order chi connectivity index (χ1) is 10.8. The van der Waals surface area contributed by atoms with Gasteiger partial charge in [0, 0.05) is 18.0 Å². The third-order valence-corrected chi connectivity index (χ3v) is 3.52. The Kier molecular flexibility index (Phi) is 2.72. The summed E-state index contributed by atoms with van der Waals surface area (Å²) in [7, 11) is 0. The highest BCUT2D eigenvalue weighted by atomic mass is 16.1. The predicted octanol–water partition coefficient (Wildman–Crippen LogP) is 1.39. The Morgan fingerprint density at radius 1 is 1.32 bits per heavy atom. The van der Waals surface area contributed by atoms with Gasteiger partial charge >= 0.3 is 0 Å². The number of rotatable bonds is 3. The number of hydrogen-bond acceptors (Lipinski definition) is 5. The average Bonchev–Trinajstić information content (AvgIpc) is 2.86. The molecule has 3 aromatic rings. The lowest BCUT2D eigenvalue weighted by atomic mass is 10.1. The number of aromatic nitrogens is 6. The molecule has 3 heterocycles. The maximum atomic E-state index is 12.5. The maximum Gasteiger partial charge on any atom is 0.277 e. The molecule has 0 radical (unpaired) electrons. The highest BCUT2D eigenvalue weighted by Crippen LogP contribution is 2.23. The van der Waals surface area contributed by atoms with Gasteiger partial charge in [0.25, 0.3) is 5.56 Å². The fourth-order valence-electron chi connectivity index (χ4n) is 2.38. The summed E-state index contributed by atoms with van der Waals surface area (Å²) in [6.07, 6.45) is 11.2. The number of imidazole rings is 1. The van der Waals surface area contributed by atoms with Crippen molar-refractivity contribution in [2.24, 2.45) is 0 Å². The molecule has 0 unspecified atom stereocenters. The molecule has 0 spiro atoms. The van der Waals surface area contributed by atoms with Crippen molar-refractivity contribution < 1.29 is 0 Å². The second kappa shape index (κ2) is 4.73. The maximum absolute atomic E-state index is 12.5. The van der Waals surface area contributed by atoms with E-state index < -0.39 is 0 Å². The van der Waals surface area contributed by atoms with Gasteiger partial charge in [0.1, 0.15) is 5.69 Å². The quantitative estimate of drug-likeness (QED) is 0.788. The molecule has 108 valence electrons. The number of hydrogen-bond donors (Lipinski definition) is 1. The van der Waals surface area contributed by atoms with Crippen molar-refractivity contribution in [3.63, 3.8) is 0 Å². The van der Waals surface area contributed by atoms with E-state index in [2.05, 4.69) is 25.0 Å². The summed E-state index contributed by atoms with van der Waals surface area (Å²) in [6, 6.07) is 0. The van der Waals surface area contributed by atoms with Gasteiger partial charge in [-0.3, -0.25) is 9.78 Å². The molecule has 0 aromatic carbocycles. The van der Waals surface area contributed by atoms with E-state index in [4.69, 9.17) is 0 Å². The molecular weight excluding hydrogens is 280 g/mol. The van der Waals surface area contributed by atoms with Crippen molar-refractivity contribution in [2.45, 2.75) is 13.3 Å². The summed E-state index contributed by atoms with van der Waals surface area (Å²) >= 11 is 0. The van der Waals surface area contributed by atoms with Crippen LogP contribution in [0.3, 0.4) is 0 Å². The second-order valence-corrected chi connectivity index (χ2v) is 4.87. The molecule has 0 aliphatic heterocycles. The lowest BCUT2D eigenvalue weighted by Crippen LogP contribution is -2.16. The van der Waals surface area contributed by atoms with Crippen molar-refractivity contribution in [2.75, 3.05) is 0 Å². The van der Waals surface area contributed by atoms with Gasteiger partial charge in [0.05, 0.1) is 11.9 Å². The zero-order valence-electron chi connectivity index (χ0n) is 11.8. The third-order valence-electron chi connectivity index (χ3n) is 3.52. The zero-order valence-corrected chi connectivity index (χ0v) is 11.8. The van der Waals surface area contributed by atoms with Crippen molar-refractivity contribution in [1.29, 1.82) is 0 Å². The normalized spacial score (nSPS) is 13.2. The Hall–Kier alpha value is -3.09. The number of nitrogens with one attached hydrogen (secondary N) is 1. The summed E-state index contributed by atoms with van der Waals surface area (Å²) in [5.41, 5.74) is 2.45. The minimum Gasteiger partial charge on any atom is -0.302 e. The molecule has 0 bridgehead atoms. The molecule has 0 saturated carbocycles. The fraction of sp³-hybridized carbons (Fsp3) is 0.133. The summed E-state index contributed by atoms with van der Waals surface area (Å²) in [6.45, 7) is 1.97. The number of allylic oxidation sites excluding steroid dienone is 4. The molecule has 0 amide bonds. The van der Waals surface area contributed by atoms with Crippen LogP contribution in [0.1, 0.15) is 18.4 Å². The Balaban J connectivity index is 2.02. The number of aryl methyl sites for hydroxylation is 1. The van der Waals surface area contributed by atoms with Crippen molar-refractivity contribution in [3.05, 3.63) is 58.7 Å². The molecule has 0 atom stereocenters. The fourth-order valence-corrected chi connectivity index (χ4v) is 2.38. The summed E-state index contributed by atoms with van der Waals surface area (Å²) in [5, 5.41) is 4.50. The minimum atomic E-state index is -0.227. The molecule has 7 nitrogen and oxygen atoms in total. The molecule has 1 aliphatic rings. The number of fused-ring (bicyclic) bond motifs is 1. The van der Waals surface area contributed by atoms with Gasteiger partial charge in [-0.25, -0.2) is 14.5 Å². The van der Waals surface area contributed by atoms with Gasteiger partial charge in [0.2, 0.25) is 0 Å². The van der Waals surface area contributed by atoms with Crippen molar-refractivity contribution >= 4 is 11.1 Å². The first kappa shape index (κ1) is 12.6. The molecule has 3 aromatic heterocycles. The van der Waals surface area contributed by atoms with Crippen LogP contribution < -0.4 is 5.56 Å². The minimum absolute atomic E-state index is 0.227. The molecule has 1 aliphatic carbocycles. The molecule has 0 saturated heterocycles. The van der Waals surface area contributed by atoms with Crippen LogP contribution in [0.15, 0.2) is 41.6 Å². The zero-order chi connectivity index (χ0) is 15.1. The van der Waals surface area contributed by atoms with E-state index >= 15 is 0 Å². The topological polar surface area (TPSA) is 88.8 Å². The number of H-pyrrole nitrogens is 1. The highest BCUT2D eigenvalue weighted by Gasteiger charge is 2.19. The van der Waals surface area contributed by atoms with Crippen LogP contribution in [0, 0.1) is 0 Å². The van der Waals surface area contributed by atoms with E-state index in [0.717, 1.165) is 11.3 Å². The number of aromatic amines is 1. The lowest BCUT2D eigenvalue weighted by molar-refractivity contribution is 0.868. The van der Waals surface area contributed by atoms with Gasteiger partial charge in [-0.1, -0.05) is 25.2 Å². The molecule has 1 N–H and O–H groups in total. The van der Waals surface area contributed by atoms with E-state index in [1.165, 1.54) is 0 Å². The lowest BCUT2D eigenvalue weighted by Gasteiger charge is -2.06.